The fraction of sp³-hybridized carbons (Fsp3) is 0.222. The van der Waals surface area contributed by atoms with Crippen LogP contribution in [0.3, 0.4) is 0 Å². The first kappa shape index (κ1) is 18.3. The number of halogens is 1. The molecule has 0 unspecified atom stereocenters. The van der Waals surface area contributed by atoms with Gasteiger partial charge in [0.05, 0.1) is 7.11 Å². The monoisotopic (exact) mass is 346 g/mol. The molecule has 2 aromatic rings. The van der Waals surface area contributed by atoms with E-state index in [9.17, 15) is 9.18 Å². The molecule has 0 aliphatic carbocycles. The quantitative estimate of drug-likeness (QED) is 0.618. The molecule has 0 fully saturated rings. The Morgan fingerprint density at radius 1 is 1.16 bits per heavy atom. The summed E-state index contributed by atoms with van der Waals surface area (Å²) in [5, 5.41) is 6.29. The minimum Gasteiger partial charge on any atom is -0.493 e. The third kappa shape index (κ3) is 4.26. The van der Waals surface area contributed by atoms with Gasteiger partial charge in [0.1, 0.15) is 13.7 Å². The van der Waals surface area contributed by atoms with Gasteiger partial charge in [-0.25, -0.2) is 4.39 Å². The van der Waals surface area contributed by atoms with Gasteiger partial charge in [0.2, 0.25) is 0 Å². The van der Waals surface area contributed by atoms with Crippen LogP contribution in [0.1, 0.15) is 11.1 Å². The molecular formula is C18H19FN2O4. The van der Waals surface area contributed by atoms with Crippen LogP contribution in [0.2, 0.25) is 0 Å². The van der Waals surface area contributed by atoms with Gasteiger partial charge in [-0.3, -0.25) is 4.79 Å². The van der Waals surface area contributed by atoms with Crippen molar-refractivity contribution in [2.75, 3.05) is 21.3 Å². The topological polar surface area (TPSA) is 69.2 Å². The van der Waals surface area contributed by atoms with Crippen LogP contribution in [0, 0.1) is 5.82 Å². The number of hydrogen-bond donors (Lipinski definition) is 1. The first-order chi connectivity index (χ1) is 12.1. The highest BCUT2D eigenvalue weighted by molar-refractivity contribution is 6.45. The molecule has 6 nitrogen and oxygen atoms in total. The van der Waals surface area contributed by atoms with Crippen LogP contribution in [0.15, 0.2) is 47.6 Å². The maximum atomic E-state index is 14.0. The van der Waals surface area contributed by atoms with Gasteiger partial charge in [0.25, 0.3) is 5.91 Å². The van der Waals surface area contributed by atoms with Crippen molar-refractivity contribution in [2.24, 2.45) is 5.16 Å². The minimum atomic E-state index is -0.533. The maximum absolute atomic E-state index is 14.0. The van der Waals surface area contributed by atoms with Crippen LogP contribution < -0.4 is 14.8 Å². The third-order valence-corrected chi connectivity index (χ3v) is 3.42. The largest absolute Gasteiger partial charge is 0.493 e. The standard InChI is InChI=1S/C18H19FN2O4/c1-20-18(22)16(21-24-3)13-8-5-4-7-12(13)11-25-17-14(19)9-6-10-15(17)23-2/h4-10H,11H2,1-3H3,(H,20,22)/b21-16+. The van der Waals surface area contributed by atoms with Crippen molar-refractivity contribution in [1.29, 1.82) is 0 Å². The second-order valence-corrected chi connectivity index (χ2v) is 4.92. The molecule has 2 aromatic carbocycles. The van der Waals surface area contributed by atoms with E-state index in [1.165, 1.54) is 33.4 Å². The number of rotatable bonds is 7. The lowest BCUT2D eigenvalue weighted by atomic mass is 10.0. The van der Waals surface area contributed by atoms with Gasteiger partial charge >= 0.3 is 0 Å². The molecule has 7 heteroatoms. The summed E-state index contributed by atoms with van der Waals surface area (Å²) in [6.07, 6.45) is 0. The van der Waals surface area contributed by atoms with Crippen molar-refractivity contribution < 1.29 is 23.5 Å². The summed E-state index contributed by atoms with van der Waals surface area (Å²) >= 11 is 0. The summed E-state index contributed by atoms with van der Waals surface area (Å²) in [5.41, 5.74) is 1.27. The normalized spacial score (nSPS) is 11.0. The number of para-hydroxylation sites is 1. The van der Waals surface area contributed by atoms with E-state index in [0.717, 1.165) is 0 Å². The summed E-state index contributed by atoms with van der Waals surface area (Å²) in [4.78, 5) is 16.8. The third-order valence-electron chi connectivity index (χ3n) is 3.42. The van der Waals surface area contributed by atoms with E-state index < -0.39 is 11.7 Å². The smallest absolute Gasteiger partial charge is 0.273 e. The molecule has 0 aromatic heterocycles. The number of nitrogens with one attached hydrogen (secondary N) is 1. The van der Waals surface area contributed by atoms with Crippen LogP contribution in [0.5, 0.6) is 11.5 Å². The molecule has 0 spiro atoms. The molecular weight excluding hydrogens is 327 g/mol. The molecule has 0 saturated carbocycles. The SMILES string of the molecule is CNC(=O)/C(=N/OC)c1ccccc1COc1c(F)cccc1OC. The molecule has 0 aliphatic rings. The minimum absolute atomic E-state index is 0.00461. The molecule has 1 amide bonds. The average Bonchev–Trinajstić information content (AvgIpc) is 2.64. The molecule has 132 valence electrons. The molecule has 0 radical (unpaired) electrons. The Morgan fingerprint density at radius 3 is 2.60 bits per heavy atom. The van der Waals surface area contributed by atoms with Crippen molar-refractivity contribution in [3.05, 3.63) is 59.4 Å². The summed E-state index contributed by atoms with van der Waals surface area (Å²) in [6.45, 7) is 0.0210. The Balaban J connectivity index is 2.33. The second-order valence-electron chi connectivity index (χ2n) is 4.92. The predicted molar refractivity (Wildman–Crippen MR) is 91.3 cm³/mol. The zero-order valence-electron chi connectivity index (χ0n) is 14.2. The van der Waals surface area contributed by atoms with Crippen molar-refractivity contribution in [3.8, 4) is 11.5 Å². The number of amides is 1. The molecule has 0 atom stereocenters. The van der Waals surface area contributed by atoms with Crippen molar-refractivity contribution in [1.82, 2.24) is 5.32 Å². The Bertz CT molecular complexity index is 777. The summed E-state index contributed by atoms with van der Waals surface area (Å²) in [5.74, 6) is -0.647. The fourth-order valence-corrected chi connectivity index (χ4v) is 2.24. The molecule has 25 heavy (non-hydrogen) atoms. The lowest BCUT2D eigenvalue weighted by Crippen LogP contribution is -2.29. The van der Waals surface area contributed by atoms with Crippen molar-refractivity contribution in [2.45, 2.75) is 6.61 Å². The molecule has 1 N–H and O–H groups in total. The number of benzene rings is 2. The van der Waals surface area contributed by atoms with Gasteiger partial charge < -0.3 is 19.6 Å². The zero-order chi connectivity index (χ0) is 18.2. The van der Waals surface area contributed by atoms with Gasteiger partial charge in [-0.1, -0.05) is 35.5 Å². The number of carbonyl (C=O) groups excluding carboxylic acids is 1. The van der Waals surface area contributed by atoms with Crippen molar-refractivity contribution in [3.63, 3.8) is 0 Å². The highest BCUT2D eigenvalue weighted by atomic mass is 19.1. The number of nitrogens with zero attached hydrogens (tertiary/aromatic N) is 1. The number of likely N-dealkylation sites (N-methyl/N-ethyl adjacent to an activating group) is 1. The molecule has 0 heterocycles. The number of carbonyl (C=O) groups is 1. The Morgan fingerprint density at radius 2 is 1.92 bits per heavy atom. The average molecular weight is 346 g/mol. The van der Waals surface area contributed by atoms with E-state index in [1.54, 1.807) is 30.3 Å². The lowest BCUT2D eigenvalue weighted by molar-refractivity contribution is -0.114. The molecule has 0 saturated heterocycles. The van der Waals surface area contributed by atoms with Crippen molar-refractivity contribution >= 4 is 11.6 Å². The summed E-state index contributed by atoms with van der Waals surface area (Å²) in [6, 6.07) is 11.4. The first-order valence-electron chi connectivity index (χ1n) is 7.49. The van der Waals surface area contributed by atoms with Crippen LogP contribution in [0.4, 0.5) is 4.39 Å². The highest BCUT2D eigenvalue weighted by Crippen LogP contribution is 2.30. The van der Waals surface area contributed by atoms with Crippen LogP contribution in [0.25, 0.3) is 0 Å². The van der Waals surface area contributed by atoms with Crippen LogP contribution >= 0.6 is 0 Å². The number of oxime groups is 1. The Labute approximate surface area is 145 Å². The van der Waals surface area contributed by atoms with E-state index in [1.807, 2.05) is 0 Å². The molecule has 0 aliphatic heterocycles. The van der Waals surface area contributed by atoms with E-state index in [-0.39, 0.29) is 23.8 Å². The highest BCUT2D eigenvalue weighted by Gasteiger charge is 2.18. The van der Waals surface area contributed by atoms with Gasteiger partial charge in [0.15, 0.2) is 23.0 Å². The van der Waals surface area contributed by atoms with Gasteiger partial charge in [-0.05, 0) is 17.7 Å². The van der Waals surface area contributed by atoms with E-state index in [2.05, 4.69) is 10.5 Å². The van der Waals surface area contributed by atoms with Gasteiger partial charge in [-0.15, -0.1) is 0 Å². The Hall–Kier alpha value is -3.09. The lowest BCUT2D eigenvalue weighted by Gasteiger charge is -2.14. The Kier molecular flexibility index (Phi) is 6.33. The summed E-state index contributed by atoms with van der Waals surface area (Å²) < 4.78 is 24.7. The summed E-state index contributed by atoms with van der Waals surface area (Å²) in [7, 11) is 4.29. The van der Waals surface area contributed by atoms with Crippen LogP contribution in [-0.4, -0.2) is 32.9 Å². The van der Waals surface area contributed by atoms with E-state index in [0.29, 0.717) is 11.1 Å². The van der Waals surface area contributed by atoms with Gasteiger partial charge in [-0.2, -0.15) is 0 Å². The maximum Gasteiger partial charge on any atom is 0.273 e. The van der Waals surface area contributed by atoms with Crippen LogP contribution in [-0.2, 0) is 16.2 Å². The van der Waals surface area contributed by atoms with E-state index in [4.69, 9.17) is 14.3 Å². The van der Waals surface area contributed by atoms with E-state index >= 15 is 0 Å². The number of methoxy groups -OCH3 is 1. The second kappa shape index (κ2) is 8.68. The molecule has 2 rings (SSSR count). The fourth-order valence-electron chi connectivity index (χ4n) is 2.24. The number of hydrogen-bond acceptors (Lipinski definition) is 5. The zero-order valence-corrected chi connectivity index (χ0v) is 14.2. The van der Waals surface area contributed by atoms with Gasteiger partial charge in [0, 0.05) is 12.6 Å². The first-order valence-corrected chi connectivity index (χ1v) is 7.49. The number of ether oxygens (including phenoxy) is 2. The predicted octanol–water partition coefficient (Wildman–Crippen LogP) is 2.51. The molecule has 0 bridgehead atoms.